The fraction of sp³-hybridized carbons (Fsp3) is 0.529. The van der Waals surface area contributed by atoms with Gasteiger partial charge in [-0.05, 0) is 17.4 Å². The minimum absolute atomic E-state index is 0.417. The zero-order valence-corrected chi connectivity index (χ0v) is 12.8. The molecule has 0 spiro atoms. The summed E-state index contributed by atoms with van der Waals surface area (Å²) < 4.78 is 44.2. The molecule has 0 heterocycles. The molecule has 4 heteroatoms. The molecule has 1 aromatic rings. The second kappa shape index (κ2) is 7.64. The molecule has 1 nitrogen and oxygen atoms in total. The van der Waals surface area contributed by atoms with Crippen molar-refractivity contribution in [2.45, 2.75) is 40.0 Å². The summed E-state index contributed by atoms with van der Waals surface area (Å²) in [6, 6.07) is 9.69. The fourth-order valence-corrected chi connectivity index (χ4v) is 2.04. The van der Waals surface area contributed by atoms with Gasteiger partial charge in [0.25, 0.3) is 0 Å². The SMILES string of the molecule is CC(C)(C)C(/C=C/CCOCc1ccccc1)C(F)(F)F. The molecule has 21 heavy (non-hydrogen) atoms. The van der Waals surface area contributed by atoms with Gasteiger partial charge >= 0.3 is 6.18 Å². The third-order valence-electron chi connectivity index (χ3n) is 3.15. The lowest BCUT2D eigenvalue weighted by atomic mass is 9.80. The van der Waals surface area contributed by atoms with Gasteiger partial charge in [0.15, 0.2) is 0 Å². The predicted molar refractivity (Wildman–Crippen MR) is 78.9 cm³/mol. The van der Waals surface area contributed by atoms with Gasteiger partial charge in [0, 0.05) is 0 Å². The molecule has 0 bridgehead atoms. The molecule has 0 aliphatic rings. The van der Waals surface area contributed by atoms with E-state index in [1.54, 1.807) is 26.8 Å². The maximum Gasteiger partial charge on any atom is 0.395 e. The predicted octanol–water partition coefficient (Wildman–Crippen LogP) is 5.37. The molecule has 1 unspecified atom stereocenters. The summed E-state index contributed by atoms with van der Waals surface area (Å²) in [5.74, 6) is -1.43. The van der Waals surface area contributed by atoms with Crippen LogP contribution in [0.15, 0.2) is 42.5 Å². The van der Waals surface area contributed by atoms with Crippen LogP contribution >= 0.6 is 0 Å². The number of alkyl halides is 3. The summed E-state index contributed by atoms with van der Waals surface area (Å²) >= 11 is 0. The quantitative estimate of drug-likeness (QED) is 0.506. The highest BCUT2D eigenvalue weighted by atomic mass is 19.4. The number of ether oxygens (including phenoxy) is 1. The van der Waals surface area contributed by atoms with E-state index < -0.39 is 17.5 Å². The number of halogens is 3. The van der Waals surface area contributed by atoms with E-state index in [9.17, 15) is 13.2 Å². The Balaban J connectivity index is 2.36. The second-order valence-corrected chi connectivity index (χ2v) is 6.14. The average molecular weight is 300 g/mol. The first-order valence-electron chi connectivity index (χ1n) is 7.06. The van der Waals surface area contributed by atoms with Crippen LogP contribution in [0.5, 0.6) is 0 Å². The van der Waals surface area contributed by atoms with Gasteiger partial charge in [-0.25, -0.2) is 0 Å². The Bertz CT molecular complexity index is 416. The summed E-state index contributed by atoms with van der Waals surface area (Å²) in [5, 5.41) is 0. The first kappa shape index (κ1) is 17.8. The van der Waals surface area contributed by atoms with Crippen LogP contribution in [0.25, 0.3) is 0 Å². The zero-order valence-electron chi connectivity index (χ0n) is 12.8. The van der Waals surface area contributed by atoms with Gasteiger partial charge in [0.2, 0.25) is 0 Å². The van der Waals surface area contributed by atoms with Crippen molar-refractivity contribution in [3.8, 4) is 0 Å². The van der Waals surface area contributed by atoms with Crippen LogP contribution in [0.4, 0.5) is 13.2 Å². The van der Waals surface area contributed by atoms with E-state index in [2.05, 4.69) is 0 Å². The lowest BCUT2D eigenvalue weighted by Crippen LogP contribution is -2.32. The molecule has 0 saturated heterocycles. The summed E-state index contributed by atoms with van der Waals surface area (Å²) in [7, 11) is 0. The van der Waals surface area contributed by atoms with Crippen molar-refractivity contribution < 1.29 is 17.9 Å². The number of hydrogen-bond donors (Lipinski definition) is 0. The van der Waals surface area contributed by atoms with Crippen molar-refractivity contribution in [2.24, 2.45) is 11.3 Å². The Morgan fingerprint density at radius 2 is 1.71 bits per heavy atom. The molecule has 0 N–H and O–H groups in total. The minimum Gasteiger partial charge on any atom is -0.376 e. The van der Waals surface area contributed by atoms with Crippen molar-refractivity contribution in [1.82, 2.24) is 0 Å². The molecule has 1 aromatic carbocycles. The molecule has 0 amide bonds. The van der Waals surface area contributed by atoms with Crippen LogP contribution in [0, 0.1) is 11.3 Å². The summed E-state index contributed by atoms with van der Waals surface area (Å²) in [4.78, 5) is 0. The summed E-state index contributed by atoms with van der Waals surface area (Å²) in [6.45, 7) is 5.70. The number of rotatable bonds is 6. The van der Waals surface area contributed by atoms with E-state index in [0.717, 1.165) is 5.56 Å². The van der Waals surface area contributed by atoms with Crippen molar-refractivity contribution in [3.05, 3.63) is 48.0 Å². The van der Waals surface area contributed by atoms with Gasteiger partial charge in [-0.3, -0.25) is 0 Å². The Morgan fingerprint density at radius 3 is 2.24 bits per heavy atom. The van der Waals surface area contributed by atoms with Gasteiger partial charge < -0.3 is 4.74 Å². The molecular formula is C17H23F3O. The smallest absolute Gasteiger partial charge is 0.376 e. The molecule has 1 atom stereocenters. The van der Waals surface area contributed by atoms with Crippen LogP contribution in [-0.4, -0.2) is 12.8 Å². The third kappa shape index (κ3) is 6.80. The molecule has 1 rings (SSSR count). The highest BCUT2D eigenvalue weighted by molar-refractivity contribution is 5.13. The van der Waals surface area contributed by atoms with Gasteiger partial charge in [0.05, 0.1) is 19.1 Å². The lowest BCUT2D eigenvalue weighted by Gasteiger charge is -2.30. The standard InChI is InChI=1S/C17H23F3O/c1-16(2,3)15(17(18,19)20)11-7-8-12-21-13-14-9-5-4-6-10-14/h4-7,9-11,15H,8,12-13H2,1-3H3/b11-7+. The number of benzene rings is 1. The van der Waals surface area contributed by atoms with Crippen LogP contribution in [0.1, 0.15) is 32.8 Å². The first-order chi connectivity index (χ1) is 9.71. The van der Waals surface area contributed by atoms with Gasteiger partial charge in [-0.2, -0.15) is 13.2 Å². The normalized spacial score (nSPS) is 14.6. The highest BCUT2D eigenvalue weighted by Crippen LogP contribution is 2.40. The molecule has 0 fully saturated rings. The van der Waals surface area contributed by atoms with Gasteiger partial charge in [0.1, 0.15) is 0 Å². The first-order valence-corrected chi connectivity index (χ1v) is 7.06. The molecule has 0 aliphatic heterocycles. The van der Waals surface area contributed by atoms with Crippen LogP contribution < -0.4 is 0 Å². The lowest BCUT2D eigenvalue weighted by molar-refractivity contribution is -0.184. The van der Waals surface area contributed by atoms with Crippen LogP contribution in [-0.2, 0) is 11.3 Å². The fourth-order valence-electron chi connectivity index (χ4n) is 2.04. The molecule has 0 aliphatic carbocycles. The monoisotopic (exact) mass is 300 g/mol. The average Bonchev–Trinajstić information content (AvgIpc) is 2.35. The maximum absolute atomic E-state index is 12.9. The highest BCUT2D eigenvalue weighted by Gasteiger charge is 2.44. The van der Waals surface area contributed by atoms with E-state index in [0.29, 0.717) is 19.6 Å². The van der Waals surface area contributed by atoms with E-state index in [1.807, 2.05) is 30.3 Å². The van der Waals surface area contributed by atoms with E-state index in [-0.39, 0.29) is 0 Å². The van der Waals surface area contributed by atoms with E-state index in [1.165, 1.54) is 6.08 Å². The van der Waals surface area contributed by atoms with Crippen molar-refractivity contribution in [2.75, 3.05) is 6.61 Å². The molecule has 118 valence electrons. The number of allylic oxidation sites excluding steroid dienone is 1. The van der Waals surface area contributed by atoms with Crippen molar-refractivity contribution in [1.29, 1.82) is 0 Å². The molecular weight excluding hydrogens is 277 g/mol. The molecule has 0 aromatic heterocycles. The van der Waals surface area contributed by atoms with Crippen LogP contribution in [0.3, 0.4) is 0 Å². The Kier molecular flexibility index (Phi) is 6.46. The Morgan fingerprint density at radius 1 is 1.10 bits per heavy atom. The van der Waals surface area contributed by atoms with Gasteiger partial charge in [-0.1, -0.05) is 63.3 Å². The second-order valence-electron chi connectivity index (χ2n) is 6.14. The maximum atomic E-state index is 12.9. The Labute approximate surface area is 124 Å². The van der Waals surface area contributed by atoms with E-state index in [4.69, 9.17) is 4.74 Å². The van der Waals surface area contributed by atoms with Crippen molar-refractivity contribution >= 4 is 0 Å². The van der Waals surface area contributed by atoms with Crippen LogP contribution in [0.2, 0.25) is 0 Å². The largest absolute Gasteiger partial charge is 0.395 e. The number of hydrogen-bond acceptors (Lipinski definition) is 1. The van der Waals surface area contributed by atoms with Crippen molar-refractivity contribution in [3.63, 3.8) is 0 Å². The Hall–Kier alpha value is -1.29. The topological polar surface area (TPSA) is 9.23 Å². The molecule has 0 radical (unpaired) electrons. The van der Waals surface area contributed by atoms with E-state index >= 15 is 0 Å². The molecule has 0 saturated carbocycles. The zero-order chi connectivity index (χ0) is 15.9. The third-order valence-corrected chi connectivity index (χ3v) is 3.15. The summed E-state index contributed by atoms with van der Waals surface area (Å²) in [6.07, 6.45) is -0.907. The minimum atomic E-state index is -4.21. The summed E-state index contributed by atoms with van der Waals surface area (Å²) in [5.41, 5.74) is 0.226. The van der Waals surface area contributed by atoms with Gasteiger partial charge in [-0.15, -0.1) is 0 Å².